The molecule has 0 aromatic heterocycles. The molecule has 1 fully saturated rings. The van der Waals surface area contributed by atoms with Crippen LogP contribution in [-0.2, 0) is 9.63 Å². The highest BCUT2D eigenvalue weighted by atomic mass is 35.5. The van der Waals surface area contributed by atoms with Gasteiger partial charge in [-0.2, -0.15) is 5.11 Å². The summed E-state index contributed by atoms with van der Waals surface area (Å²) in [5.41, 5.74) is 11.4. The highest BCUT2D eigenvalue weighted by molar-refractivity contribution is 6.31. The third-order valence-electron chi connectivity index (χ3n) is 2.57. The minimum absolute atomic E-state index is 0.171. The zero-order valence-corrected chi connectivity index (χ0v) is 10.6. The molecule has 6 nitrogen and oxygen atoms in total. The van der Waals surface area contributed by atoms with Crippen molar-refractivity contribution < 1.29 is 9.63 Å². The van der Waals surface area contributed by atoms with Gasteiger partial charge < -0.3 is 4.84 Å². The van der Waals surface area contributed by atoms with Crippen LogP contribution in [-0.4, -0.2) is 5.97 Å². The lowest BCUT2D eigenvalue weighted by atomic mass is 10.2. The van der Waals surface area contributed by atoms with Gasteiger partial charge in [-0.15, -0.1) is 0 Å². The van der Waals surface area contributed by atoms with E-state index in [-0.39, 0.29) is 11.4 Å². The van der Waals surface area contributed by atoms with Gasteiger partial charge in [0.1, 0.15) is 0 Å². The van der Waals surface area contributed by atoms with Crippen LogP contribution < -0.4 is 10.6 Å². The van der Waals surface area contributed by atoms with E-state index < -0.39 is 5.97 Å². The Hall–Kier alpha value is -1.92. The average Bonchev–Trinajstić information content (AvgIpc) is 2.74. The van der Waals surface area contributed by atoms with E-state index in [4.69, 9.17) is 22.0 Å². The number of rotatable bonds is 2. The number of carbonyl (C=O) groups is 1. The Balaban J connectivity index is 2.47. The standard InChI is InChI=1S/C11H11ClN4O2/c1-6-3-4-8(5-9(6)12)16-10(7(2)14-13)11(17)18-15-16/h3-5,13,15H,1-2H3/b10-7+,14-13?. The van der Waals surface area contributed by atoms with Crippen LogP contribution >= 0.6 is 11.6 Å². The first-order valence-electron chi connectivity index (χ1n) is 5.16. The van der Waals surface area contributed by atoms with Crippen molar-refractivity contribution in [3.8, 4) is 0 Å². The minimum Gasteiger partial charge on any atom is -0.345 e. The van der Waals surface area contributed by atoms with Crippen molar-refractivity contribution >= 4 is 23.3 Å². The Morgan fingerprint density at radius 1 is 1.56 bits per heavy atom. The Labute approximate surface area is 109 Å². The Kier molecular flexibility index (Phi) is 3.31. The first kappa shape index (κ1) is 12.5. The lowest BCUT2D eigenvalue weighted by Crippen LogP contribution is -2.29. The highest BCUT2D eigenvalue weighted by Crippen LogP contribution is 2.28. The molecule has 0 aliphatic carbocycles. The first-order valence-corrected chi connectivity index (χ1v) is 5.54. The second kappa shape index (κ2) is 4.75. The number of nitrogens with one attached hydrogen (secondary N) is 2. The molecule has 1 aromatic carbocycles. The number of benzene rings is 1. The van der Waals surface area contributed by atoms with Crippen molar-refractivity contribution in [3.05, 3.63) is 40.2 Å². The number of hydrogen-bond acceptors (Lipinski definition) is 6. The SMILES string of the molecule is C/C(N=N)=C1/C(=O)ONN1c1ccc(C)c(Cl)c1. The lowest BCUT2D eigenvalue weighted by Gasteiger charge is -2.16. The predicted molar refractivity (Wildman–Crippen MR) is 65.7 cm³/mol. The Bertz CT molecular complexity index is 556. The number of aryl methyl sites for hydroxylation is 1. The molecule has 2 N–H and O–H groups in total. The molecule has 0 unspecified atom stereocenters. The van der Waals surface area contributed by atoms with Gasteiger partial charge in [-0.1, -0.05) is 23.3 Å². The third-order valence-corrected chi connectivity index (χ3v) is 2.98. The molecule has 0 spiro atoms. The van der Waals surface area contributed by atoms with Gasteiger partial charge in [0.05, 0.1) is 11.4 Å². The van der Waals surface area contributed by atoms with E-state index in [0.29, 0.717) is 10.7 Å². The van der Waals surface area contributed by atoms with Crippen LogP contribution in [0.1, 0.15) is 12.5 Å². The van der Waals surface area contributed by atoms with E-state index in [1.807, 2.05) is 13.0 Å². The fourth-order valence-electron chi connectivity index (χ4n) is 1.54. The van der Waals surface area contributed by atoms with Crippen molar-refractivity contribution in [1.29, 1.82) is 5.53 Å². The summed E-state index contributed by atoms with van der Waals surface area (Å²) in [5.74, 6) is -0.583. The molecule has 0 radical (unpaired) electrons. The molecule has 7 heteroatoms. The van der Waals surface area contributed by atoms with Crippen LogP contribution in [0.5, 0.6) is 0 Å². The normalized spacial score (nSPS) is 17.7. The van der Waals surface area contributed by atoms with Gasteiger partial charge in [0.15, 0.2) is 5.70 Å². The molecular weight excluding hydrogens is 256 g/mol. The van der Waals surface area contributed by atoms with Crippen molar-refractivity contribution in [2.45, 2.75) is 13.8 Å². The monoisotopic (exact) mass is 266 g/mol. The van der Waals surface area contributed by atoms with Crippen molar-refractivity contribution in [1.82, 2.24) is 5.59 Å². The summed E-state index contributed by atoms with van der Waals surface area (Å²) in [4.78, 5) is 16.3. The molecule has 1 heterocycles. The van der Waals surface area contributed by atoms with E-state index in [1.54, 1.807) is 19.1 Å². The first-order chi connectivity index (χ1) is 8.54. The molecule has 0 saturated carbocycles. The van der Waals surface area contributed by atoms with E-state index in [0.717, 1.165) is 5.56 Å². The highest BCUT2D eigenvalue weighted by Gasteiger charge is 2.31. The van der Waals surface area contributed by atoms with E-state index in [1.165, 1.54) is 5.01 Å². The largest absolute Gasteiger partial charge is 0.378 e. The van der Waals surface area contributed by atoms with Crippen LogP contribution in [0.25, 0.3) is 0 Å². The summed E-state index contributed by atoms with van der Waals surface area (Å²) in [6.45, 7) is 3.44. The van der Waals surface area contributed by atoms with Gasteiger partial charge >= 0.3 is 5.97 Å². The van der Waals surface area contributed by atoms with Crippen LogP contribution in [0.2, 0.25) is 5.02 Å². The minimum atomic E-state index is -0.583. The van der Waals surface area contributed by atoms with Crippen LogP contribution in [0.3, 0.4) is 0 Å². The molecule has 0 bridgehead atoms. The number of hydrogen-bond donors (Lipinski definition) is 2. The summed E-state index contributed by atoms with van der Waals surface area (Å²) in [6, 6.07) is 5.31. The number of anilines is 1. The van der Waals surface area contributed by atoms with Crippen molar-refractivity contribution in [3.63, 3.8) is 0 Å². The average molecular weight is 267 g/mol. The molecule has 18 heavy (non-hydrogen) atoms. The van der Waals surface area contributed by atoms with Crippen LogP contribution in [0.15, 0.2) is 34.7 Å². The molecule has 1 aromatic rings. The molecule has 0 atom stereocenters. The summed E-state index contributed by atoms with van der Waals surface area (Å²) in [5, 5.41) is 5.23. The Morgan fingerprint density at radius 3 is 2.89 bits per heavy atom. The number of carbonyl (C=O) groups excluding carboxylic acids is 1. The van der Waals surface area contributed by atoms with Crippen molar-refractivity contribution in [2.75, 3.05) is 5.01 Å². The number of allylic oxidation sites excluding steroid dienone is 1. The van der Waals surface area contributed by atoms with Crippen LogP contribution in [0.4, 0.5) is 5.69 Å². The van der Waals surface area contributed by atoms with E-state index in [9.17, 15) is 4.79 Å². The second-order valence-electron chi connectivity index (χ2n) is 3.80. The second-order valence-corrected chi connectivity index (χ2v) is 4.20. The maximum atomic E-state index is 11.5. The predicted octanol–water partition coefficient (Wildman–Crippen LogP) is 2.69. The molecule has 1 saturated heterocycles. The zero-order valence-electron chi connectivity index (χ0n) is 9.82. The topological polar surface area (TPSA) is 77.8 Å². The summed E-state index contributed by atoms with van der Waals surface area (Å²) in [6.07, 6.45) is 0. The molecule has 1 aliphatic rings. The molecule has 0 amide bonds. The van der Waals surface area contributed by atoms with Gasteiger partial charge in [0.2, 0.25) is 0 Å². The lowest BCUT2D eigenvalue weighted by molar-refractivity contribution is -0.140. The molecule has 1 aliphatic heterocycles. The van der Waals surface area contributed by atoms with E-state index >= 15 is 0 Å². The van der Waals surface area contributed by atoms with E-state index in [2.05, 4.69) is 10.7 Å². The van der Waals surface area contributed by atoms with Gasteiger partial charge in [-0.25, -0.2) is 15.3 Å². The number of halogens is 1. The fraction of sp³-hybridized carbons (Fsp3) is 0.182. The summed E-state index contributed by atoms with van der Waals surface area (Å²) >= 11 is 6.03. The quantitative estimate of drug-likeness (QED) is 0.637. The maximum absolute atomic E-state index is 11.5. The third kappa shape index (κ3) is 2.07. The summed E-state index contributed by atoms with van der Waals surface area (Å²) < 4.78 is 0. The maximum Gasteiger partial charge on any atom is 0.378 e. The molecular formula is C11H11ClN4O2. The number of nitrogens with zero attached hydrogens (tertiary/aromatic N) is 2. The Morgan fingerprint density at radius 2 is 2.28 bits per heavy atom. The van der Waals surface area contributed by atoms with Gasteiger partial charge in [0.25, 0.3) is 0 Å². The molecule has 2 rings (SSSR count). The fourth-order valence-corrected chi connectivity index (χ4v) is 1.71. The number of hydrazine groups is 1. The molecule has 94 valence electrons. The van der Waals surface area contributed by atoms with Crippen LogP contribution in [0, 0.1) is 12.5 Å². The van der Waals surface area contributed by atoms with Gasteiger partial charge in [-0.3, -0.25) is 0 Å². The smallest absolute Gasteiger partial charge is 0.345 e. The van der Waals surface area contributed by atoms with Gasteiger partial charge in [-0.05, 0) is 31.5 Å². The zero-order chi connectivity index (χ0) is 13.3. The summed E-state index contributed by atoms with van der Waals surface area (Å²) in [7, 11) is 0. The van der Waals surface area contributed by atoms with Crippen molar-refractivity contribution in [2.24, 2.45) is 5.11 Å². The van der Waals surface area contributed by atoms with Gasteiger partial charge in [0, 0.05) is 5.02 Å².